The summed E-state index contributed by atoms with van der Waals surface area (Å²) in [6.07, 6.45) is 13.0. The largest absolute Gasteiger partial charge is 0.496 e. The van der Waals surface area contributed by atoms with Crippen LogP contribution in [0.2, 0.25) is 0 Å². The molecule has 4 amide bonds. The van der Waals surface area contributed by atoms with Gasteiger partial charge in [0.15, 0.2) is 0 Å². The van der Waals surface area contributed by atoms with Crippen LogP contribution in [0.3, 0.4) is 0 Å². The zero-order valence-corrected chi connectivity index (χ0v) is 30.9. The summed E-state index contributed by atoms with van der Waals surface area (Å²) in [5, 5.41) is 6.58. The molecule has 2 aliphatic carbocycles. The summed E-state index contributed by atoms with van der Waals surface area (Å²) in [6, 6.07) is 3.59. The van der Waals surface area contributed by atoms with E-state index in [4.69, 9.17) is 14.2 Å². The number of ether oxygens (including phenoxy) is 3. The van der Waals surface area contributed by atoms with Gasteiger partial charge in [-0.05, 0) is 74.4 Å². The number of hydrogen-bond donors (Lipinski definition) is 3. The lowest BCUT2D eigenvalue weighted by molar-refractivity contribution is -0.141. The van der Waals surface area contributed by atoms with Crippen molar-refractivity contribution in [1.82, 2.24) is 25.2 Å². The summed E-state index contributed by atoms with van der Waals surface area (Å²) in [4.78, 5) is 61.6. The molecule has 3 aliphatic heterocycles. The molecule has 3 fully saturated rings. The number of cyclic esters (lactones) is 1. The normalized spacial score (nSPS) is 30.9. The second-order valence-electron chi connectivity index (χ2n) is 15.0. The van der Waals surface area contributed by atoms with Crippen molar-refractivity contribution in [3.05, 3.63) is 48.2 Å². The van der Waals surface area contributed by atoms with Gasteiger partial charge in [0.05, 0.1) is 25.5 Å². The van der Waals surface area contributed by atoms with Crippen LogP contribution in [0, 0.1) is 11.8 Å². The fourth-order valence-electron chi connectivity index (χ4n) is 7.49. The van der Waals surface area contributed by atoms with E-state index in [0.717, 1.165) is 29.2 Å². The molecule has 3 N–H and O–H groups in total. The molecule has 2 saturated carbocycles. The molecular weight excluding hydrogens is 703 g/mol. The number of fused-ring (bicyclic) bond motifs is 4. The molecule has 4 heterocycles. The summed E-state index contributed by atoms with van der Waals surface area (Å²) in [6.45, 7) is 2.08. The smallest absolute Gasteiger partial charge is 0.407 e. The molecule has 0 spiro atoms. The van der Waals surface area contributed by atoms with E-state index >= 15 is 0 Å². The van der Waals surface area contributed by atoms with E-state index in [0.29, 0.717) is 50.2 Å². The van der Waals surface area contributed by atoms with Crippen molar-refractivity contribution >= 4 is 50.7 Å². The van der Waals surface area contributed by atoms with E-state index in [1.54, 1.807) is 13.3 Å². The maximum Gasteiger partial charge on any atom is 0.407 e. The van der Waals surface area contributed by atoms with Crippen molar-refractivity contribution in [2.45, 2.75) is 100 Å². The number of pyridine rings is 1. The molecule has 7 rings (SSSR count). The molecule has 1 aromatic carbocycles. The summed E-state index contributed by atoms with van der Waals surface area (Å²) in [5.41, 5.74) is -0.699. The predicted octanol–water partition coefficient (Wildman–Crippen LogP) is 3.74. The summed E-state index contributed by atoms with van der Waals surface area (Å²) < 4.78 is 45.6. The highest BCUT2D eigenvalue weighted by atomic mass is 32.2. The minimum atomic E-state index is -3.88. The zero-order chi connectivity index (χ0) is 37.3. The number of allylic oxidation sites excluding steroid dienone is 2. The number of nitrogens with zero attached hydrogens (tertiary/aromatic N) is 2. The first-order valence-electron chi connectivity index (χ1n) is 18.6. The van der Waals surface area contributed by atoms with Crippen LogP contribution in [0.1, 0.15) is 76.7 Å². The second kappa shape index (κ2) is 15.0. The average Bonchev–Trinajstić information content (AvgIpc) is 4.06. The zero-order valence-electron chi connectivity index (χ0n) is 30.0. The minimum Gasteiger partial charge on any atom is -0.496 e. The van der Waals surface area contributed by atoms with Crippen LogP contribution in [-0.2, 0) is 29.1 Å². The number of sulfonamides is 1. The molecular formula is C38H47N5O9S. The third-order valence-corrected chi connectivity index (χ3v) is 12.6. The molecule has 1 saturated heterocycles. The Bertz CT molecular complexity index is 1950. The van der Waals surface area contributed by atoms with Crippen molar-refractivity contribution in [2.24, 2.45) is 11.8 Å². The van der Waals surface area contributed by atoms with Crippen molar-refractivity contribution in [1.29, 1.82) is 0 Å². The third-order valence-electron chi connectivity index (χ3n) is 10.8. The van der Waals surface area contributed by atoms with Crippen LogP contribution in [0.5, 0.6) is 11.6 Å². The minimum absolute atomic E-state index is 0.000745. The number of carbonyl (C=O) groups is 4. The van der Waals surface area contributed by atoms with E-state index in [2.05, 4.69) is 20.3 Å². The quantitative estimate of drug-likeness (QED) is 0.390. The van der Waals surface area contributed by atoms with Crippen molar-refractivity contribution < 1.29 is 41.8 Å². The highest BCUT2D eigenvalue weighted by Gasteiger charge is 2.62. The van der Waals surface area contributed by atoms with Gasteiger partial charge in [0.2, 0.25) is 27.7 Å². The van der Waals surface area contributed by atoms with Crippen molar-refractivity contribution in [3.63, 3.8) is 0 Å². The first kappa shape index (κ1) is 36.7. The van der Waals surface area contributed by atoms with Crippen LogP contribution >= 0.6 is 0 Å². The SMILES string of the molecule is COc1cc2ccnc3c2cc1/C=C/C[C@@H](C)COC(=O)N[C@H]1CCCCC/C=C\[C@H]2C[C@@]2(C(=O)NS(=O)(=O)C2CC2)NC(=O)[C@@H]2C[C@H](CN2C1=O)O3. The monoisotopic (exact) mass is 749 g/mol. The molecule has 2 aromatic rings. The Morgan fingerprint density at radius 2 is 1.94 bits per heavy atom. The number of alkyl carbamates (subject to hydrolysis) is 1. The first-order chi connectivity index (χ1) is 25.5. The van der Waals surface area contributed by atoms with Crippen LogP contribution < -0.4 is 24.8 Å². The van der Waals surface area contributed by atoms with Gasteiger partial charge in [-0.25, -0.2) is 18.2 Å². The van der Waals surface area contributed by atoms with Gasteiger partial charge in [0.1, 0.15) is 29.5 Å². The Hall–Kier alpha value is -4.66. The number of carbonyl (C=O) groups excluding carboxylic acids is 4. The molecule has 5 aliphatic rings. The predicted molar refractivity (Wildman–Crippen MR) is 195 cm³/mol. The van der Waals surface area contributed by atoms with Crippen molar-refractivity contribution in [2.75, 3.05) is 20.3 Å². The Morgan fingerprint density at radius 3 is 2.74 bits per heavy atom. The van der Waals surface area contributed by atoms with Crippen LogP contribution in [0.25, 0.3) is 16.8 Å². The fourth-order valence-corrected chi connectivity index (χ4v) is 8.86. The maximum absolute atomic E-state index is 14.5. The van der Waals surface area contributed by atoms with Gasteiger partial charge in [0.25, 0.3) is 5.91 Å². The Balaban J connectivity index is 1.24. The molecule has 284 valence electrons. The van der Waals surface area contributed by atoms with Crippen molar-refractivity contribution in [3.8, 4) is 11.6 Å². The number of amides is 4. The van der Waals surface area contributed by atoms with Gasteiger partial charge in [-0.3, -0.25) is 19.1 Å². The van der Waals surface area contributed by atoms with E-state index in [1.165, 1.54) is 4.90 Å². The molecule has 15 heteroatoms. The molecule has 6 atom stereocenters. The number of aromatic nitrogens is 1. The van der Waals surface area contributed by atoms with Gasteiger partial charge < -0.3 is 29.7 Å². The van der Waals surface area contributed by atoms with Gasteiger partial charge in [-0.2, -0.15) is 0 Å². The Kier molecular flexibility index (Phi) is 10.4. The molecule has 0 radical (unpaired) electrons. The van der Waals surface area contributed by atoms with E-state index < -0.39 is 68.7 Å². The summed E-state index contributed by atoms with van der Waals surface area (Å²) >= 11 is 0. The van der Waals surface area contributed by atoms with Crippen LogP contribution in [0.4, 0.5) is 4.79 Å². The van der Waals surface area contributed by atoms with Gasteiger partial charge in [-0.15, -0.1) is 0 Å². The average molecular weight is 750 g/mol. The van der Waals surface area contributed by atoms with Crippen LogP contribution in [0.15, 0.2) is 42.6 Å². The number of nitrogens with one attached hydrogen (secondary N) is 3. The lowest BCUT2D eigenvalue weighted by Crippen LogP contribution is -2.58. The summed E-state index contributed by atoms with van der Waals surface area (Å²) in [7, 11) is -2.29. The lowest BCUT2D eigenvalue weighted by Gasteiger charge is -2.29. The summed E-state index contributed by atoms with van der Waals surface area (Å²) in [5.74, 6) is -1.34. The molecule has 5 bridgehead atoms. The highest BCUT2D eigenvalue weighted by Crippen LogP contribution is 2.46. The number of rotatable bonds is 4. The second-order valence-corrected chi connectivity index (χ2v) is 16.9. The van der Waals surface area contributed by atoms with E-state index in [9.17, 15) is 27.6 Å². The van der Waals surface area contributed by atoms with E-state index in [1.807, 2.05) is 49.4 Å². The number of methoxy groups -OCH3 is 1. The third kappa shape index (κ3) is 7.99. The number of hydrogen-bond acceptors (Lipinski definition) is 10. The molecule has 14 nitrogen and oxygen atoms in total. The van der Waals surface area contributed by atoms with Gasteiger partial charge >= 0.3 is 6.09 Å². The standard InChI is InChI=1S/C38H47N5O9S/c1-23-9-8-10-25-17-29-24(18-32(25)50-2)15-16-39-34(29)52-27-19-31-33(44)41-38(36(46)42-53(48,49)28-13-14-28)20-26(38)11-6-4-3-5-7-12-30(35(45)43(31)21-27)40-37(47)51-22-23/h6,8,10-11,15-18,23,26-28,30-31H,3-5,7,9,12-14,19-22H2,1-2H3,(H,40,47)(H,41,44)(H,42,46)/b10-8+,11-6-/t23-,26+,27-,30+,31+,38-/m1/s1. The topological polar surface area (TPSA) is 182 Å². The molecule has 1 aromatic heterocycles. The van der Waals surface area contributed by atoms with Gasteiger partial charge in [-0.1, -0.05) is 44.1 Å². The van der Waals surface area contributed by atoms with Crippen LogP contribution in [-0.4, -0.2) is 91.4 Å². The lowest BCUT2D eigenvalue weighted by atomic mass is 10.0. The highest BCUT2D eigenvalue weighted by molar-refractivity contribution is 7.91. The maximum atomic E-state index is 14.5. The van der Waals surface area contributed by atoms with E-state index in [-0.39, 0.29) is 31.9 Å². The molecule has 53 heavy (non-hydrogen) atoms. The Morgan fingerprint density at radius 1 is 1.11 bits per heavy atom. The number of benzene rings is 1. The van der Waals surface area contributed by atoms with Gasteiger partial charge in [0, 0.05) is 29.5 Å². The fraction of sp³-hybridized carbons (Fsp3) is 0.553. The first-order valence-corrected chi connectivity index (χ1v) is 20.1. The Labute approximate surface area is 309 Å². The molecule has 0 unspecified atom stereocenters.